The van der Waals surface area contributed by atoms with Gasteiger partial charge in [-0.3, -0.25) is 4.79 Å². The van der Waals surface area contributed by atoms with Crippen LogP contribution in [0.4, 0.5) is 13.2 Å². The van der Waals surface area contributed by atoms with Gasteiger partial charge in [0.1, 0.15) is 18.2 Å². The van der Waals surface area contributed by atoms with Crippen molar-refractivity contribution in [2.45, 2.75) is 70.1 Å². The van der Waals surface area contributed by atoms with Gasteiger partial charge in [-0.2, -0.15) is 4.39 Å². The molecule has 0 spiro atoms. The van der Waals surface area contributed by atoms with Gasteiger partial charge in [-0.25, -0.2) is 8.78 Å². The molecule has 0 bridgehead atoms. The first-order valence-corrected chi connectivity index (χ1v) is 12.6. The van der Waals surface area contributed by atoms with Crippen molar-refractivity contribution in [2.75, 3.05) is 6.61 Å². The lowest BCUT2D eigenvalue weighted by Gasteiger charge is -2.28. The van der Waals surface area contributed by atoms with Crippen molar-refractivity contribution in [2.24, 2.45) is 11.8 Å². The summed E-state index contributed by atoms with van der Waals surface area (Å²) in [5, 5.41) is 0. The number of benzene rings is 2. The second-order valence-corrected chi connectivity index (χ2v) is 9.99. The Bertz CT molecular complexity index is 1050. The lowest BCUT2D eigenvalue weighted by molar-refractivity contribution is -0.140. The monoisotopic (exact) mass is 486 g/mol. The van der Waals surface area contributed by atoms with Crippen LogP contribution in [0.15, 0.2) is 43.0 Å². The summed E-state index contributed by atoms with van der Waals surface area (Å²) in [6.45, 7) is 6.06. The minimum Gasteiger partial charge on any atom is -0.489 e. The quantitative estimate of drug-likeness (QED) is 0.227. The van der Waals surface area contributed by atoms with E-state index >= 15 is 0 Å². The van der Waals surface area contributed by atoms with Crippen molar-refractivity contribution < 1.29 is 27.4 Å². The summed E-state index contributed by atoms with van der Waals surface area (Å²) in [5.74, 6) is -2.63. The third-order valence-corrected chi connectivity index (χ3v) is 7.58. The topological polar surface area (TPSA) is 35.5 Å². The van der Waals surface area contributed by atoms with E-state index < -0.39 is 23.5 Å². The number of rotatable bonds is 7. The van der Waals surface area contributed by atoms with Gasteiger partial charge >= 0.3 is 5.97 Å². The normalized spacial score (nSPS) is 24.6. The Morgan fingerprint density at radius 2 is 1.54 bits per heavy atom. The lowest BCUT2D eigenvalue weighted by Crippen LogP contribution is -2.26. The zero-order valence-corrected chi connectivity index (χ0v) is 20.2. The summed E-state index contributed by atoms with van der Waals surface area (Å²) in [4.78, 5) is 12.7. The standard InChI is InChI=1S/C29H33F3O3/c1-3-16-34-22-12-13-23(25(30)17-22)19-8-10-21(11-9-19)29(33)35-26-15-14-24(27(31)28(26)32)20-6-4-18(2)5-7-20/h3,12-15,17-21H,1,4-11,16H2,2H3. The van der Waals surface area contributed by atoms with Crippen LogP contribution in [0.3, 0.4) is 0 Å². The lowest BCUT2D eigenvalue weighted by atomic mass is 9.78. The molecule has 2 aliphatic carbocycles. The molecule has 2 saturated carbocycles. The van der Waals surface area contributed by atoms with E-state index in [0.717, 1.165) is 25.7 Å². The molecule has 2 aromatic carbocycles. The van der Waals surface area contributed by atoms with Gasteiger partial charge in [0.15, 0.2) is 11.6 Å². The van der Waals surface area contributed by atoms with Crippen molar-refractivity contribution in [3.05, 3.63) is 71.6 Å². The van der Waals surface area contributed by atoms with Crippen molar-refractivity contribution in [3.63, 3.8) is 0 Å². The summed E-state index contributed by atoms with van der Waals surface area (Å²) in [6, 6.07) is 7.76. The van der Waals surface area contributed by atoms with E-state index in [4.69, 9.17) is 9.47 Å². The highest BCUT2D eigenvalue weighted by Gasteiger charge is 2.31. The molecule has 0 aliphatic heterocycles. The Hall–Kier alpha value is -2.76. The van der Waals surface area contributed by atoms with Crippen LogP contribution in [0.2, 0.25) is 0 Å². The second kappa shape index (κ2) is 11.3. The largest absolute Gasteiger partial charge is 0.489 e. The first kappa shape index (κ1) is 25.3. The molecule has 0 N–H and O–H groups in total. The van der Waals surface area contributed by atoms with E-state index in [1.165, 1.54) is 12.1 Å². The Balaban J connectivity index is 1.34. The Morgan fingerprint density at radius 3 is 2.20 bits per heavy atom. The number of esters is 1. The van der Waals surface area contributed by atoms with E-state index in [9.17, 15) is 18.0 Å². The Labute approximate surface area is 205 Å². The van der Waals surface area contributed by atoms with Gasteiger partial charge in [0.25, 0.3) is 0 Å². The summed E-state index contributed by atoms with van der Waals surface area (Å²) in [6.07, 6.45) is 7.50. The first-order chi connectivity index (χ1) is 16.9. The predicted molar refractivity (Wildman–Crippen MR) is 129 cm³/mol. The fourth-order valence-electron chi connectivity index (χ4n) is 5.43. The van der Waals surface area contributed by atoms with E-state index in [0.29, 0.717) is 55.1 Å². The Morgan fingerprint density at radius 1 is 0.914 bits per heavy atom. The van der Waals surface area contributed by atoms with E-state index in [2.05, 4.69) is 13.5 Å². The third-order valence-electron chi connectivity index (χ3n) is 7.58. The molecule has 0 aromatic heterocycles. The molecule has 188 valence electrons. The zero-order valence-electron chi connectivity index (χ0n) is 20.2. The molecule has 6 heteroatoms. The van der Waals surface area contributed by atoms with Crippen molar-refractivity contribution >= 4 is 5.97 Å². The van der Waals surface area contributed by atoms with Crippen molar-refractivity contribution in [3.8, 4) is 11.5 Å². The SMILES string of the molecule is C=CCOc1ccc(C2CCC(C(=O)Oc3ccc(C4CCC(C)CC4)c(F)c3F)CC2)c(F)c1. The van der Waals surface area contributed by atoms with E-state index in [1.54, 1.807) is 24.3 Å². The maximum Gasteiger partial charge on any atom is 0.314 e. The first-order valence-electron chi connectivity index (χ1n) is 12.6. The fraction of sp³-hybridized carbons (Fsp3) is 0.483. The highest BCUT2D eigenvalue weighted by atomic mass is 19.2. The van der Waals surface area contributed by atoms with Gasteiger partial charge in [-0.05, 0) is 79.5 Å². The summed E-state index contributed by atoms with van der Waals surface area (Å²) >= 11 is 0. The van der Waals surface area contributed by atoms with Crippen LogP contribution in [-0.2, 0) is 4.79 Å². The summed E-state index contributed by atoms with van der Waals surface area (Å²) in [5.41, 5.74) is 0.973. The third kappa shape index (κ3) is 5.91. The van der Waals surface area contributed by atoms with Crippen LogP contribution in [0.25, 0.3) is 0 Å². The van der Waals surface area contributed by atoms with Crippen LogP contribution in [-0.4, -0.2) is 12.6 Å². The second-order valence-electron chi connectivity index (χ2n) is 9.99. The predicted octanol–water partition coefficient (Wildman–Crippen LogP) is 7.84. The Kier molecular flexibility index (Phi) is 8.19. The molecule has 2 fully saturated rings. The number of carbonyl (C=O) groups excluding carboxylic acids is 1. The van der Waals surface area contributed by atoms with E-state index in [-0.39, 0.29) is 23.4 Å². The van der Waals surface area contributed by atoms with Crippen molar-refractivity contribution in [1.29, 1.82) is 0 Å². The molecule has 0 radical (unpaired) electrons. The minimum absolute atomic E-state index is 0.00346. The van der Waals surface area contributed by atoms with Gasteiger partial charge in [0.2, 0.25) is 5.82 Å². The van der Waals surface area contributed by atoms with Crippen LogP contribution in [0.5, 0.6) is 11.5 Å². The maximum absolute atomic E-state index is 14.8. The molecular formula is C29H33F3O3. The molecule has 0 amide bonds. The highest BCUT2D eigenvalue weighted by Crippen LogP contribution is 2.40. The van der Waals surface area contributed by atoms with Gasteiger partial charge < -0.3 is 9.47 Å². The highest BCUT2D eigenvalue weighted by molar-refractivity contribution is 5.75. The molecule has 3 nitrogen and oxygen atoms in total. The molecule has 2 aliphatic rings. The minimum atomic E-state index is -1.09. The van der Waals surface area contributed by atoms with Crippen LogP contribution in [0.1, 0.15) is 81.3 Å². The summed E-state index contributed by atoms with van der Waals surface area (Å²) in [7, 11) is 0. The number of ether oxygens (including phenoxy) is 2. The maximum atomic E-state index is 14.8. The van der Waals surface area contributed by atoms with E-state index in [1.807, 2.05) is 0 Å². The average molecular weight is 487 g/mol. The number of carbonyl (C=O) groups is 1. The van der Waals surface area contributed by atoms with Gasteiger partial charge in [-0.15, -0.1) is 0 Å². The van der Waals surface area contributed by atoms with Crippen LogP contribution >= 0.6 is 0 Å². The van der Waals surface area contributed by atoms with Crippen LogP contribution in [0, 0.1) is 29.3 Å². The average Bonchev–Trinajstić information content (AvgIpc) is 2.86. The zero-order chi connectivity index (χ0) is 24.9. The number of halogens is 3. The number of hydrogen-bond donors (Lipinski definition) is 0. The molecular weight excluding hydrogens is 453 g/mol. The smallest absolute Gasteiger partial charge is 0.314 e. The van der Waals surface area contributed by atoms with Gasteiger partial charge in [-0.1, -0.05) is 44.6 Å². The molecule has 0 atom stereocenters. The van der Waals surface area contributed by atoms with Gasteiger partial charge in [0.05, 0.1) is 5.92 Å². The molecule has 4 rings (SSSR count). The van der Waals surface area contributed by atoms with Gasteiger partial charge in [0, 0.05) is 6.07 Å². The van der Waals surface area contributed by atoms with Crippen LogP contribution < -0.4 is 9.47 Å². The summed E-state index contributed by atoms with van der Waals surface area (Å²) < 4.78 is 54.8. The fourth-order valence-corrected chi connectivity index (χ4v) is 5.43. The molecule has 0 saturated heterocycles. The molecule has 0 heterocycles. The molecule has 0 unspecified atom stereocenters. The molecule has 2 aromatic rings. The van der Waals surface area contributed by atoms with Crippen molar-refractivity contribution in [1.82, 2.24) is 0 Å². The molecule has 35 heavy (non-hydrogen) atoms. The number of hydrogen-bond acceptors (Lipinski definition) is 3.